The molecule has 0 aliphatic carbocycles. The summed E-state index contributed by atoms with van der Waals surface area (Å²) in [5.41, 5.74) is 0.625. The highest BCUT2D eigenvalue weighted by Crippen LogP contribution is 2.13. The zero-order valence-corrected chi connectivity index (χ0v) is 23.3. The predicted molar refractivity (Wildman–Crippen MR) is 145 cm³/mol. The summed E-state index contributed by atoms with van der Waals surface area (Å²) >= 11 is 0. The van der Waals surface area contributed by atoms with Gasteiger partial charge in [-0.1, -0.05) is 45.9 Å². The van der Waals surface area contributed by atoms with Crippen LogP contribution in [0.25, 0.3) is 0 Å². The molecule has 1 unspecified atom stereocenters. The minimum absolute atomic E-state index is 0.0287. The van der Waals surface area contributed by atoms with Crippen LogP contribution < -0.4 is 26.6 Å². The molecule has 1 aliphatic rings. The van der Waals surface area contributed by atoms with E-state index in [4.69, 9.17) is 9.84 Å². The van der Waals surface area contributed by atoms with Crippen molar-refractivity contribution in [2.45, 2.75) is 58.3 Å². The fourth-order valence-electron chi connectivity index (χ4n) is 3.87. The molecule has 1 aromatic rings. The van der Waals surface area contributed by atoms with Crippen LogP contribution in [0.1, 0.15) is 33.3 Å². The van der Waals surface area contributed by atoms with Crippen molar-refractivity contribution in [2.24, 2.45) is 11.8 Å². The Bertz CT molecular complexity index is 1150. The van der Waals surface area contributed by atoms with Crippen LogP contribution in [0.2, 0.25) is 0 Å². The number of ether oxygens (including phenoxy) is 1. The van der Waals surface area contributed by atoms with Gasteiger partial charge < -0.3 is 41.5 Å². The van der Waals surface area contributed by atoms with Crippen LogP contribution in [-0.2, 0) is 35.1 Å². The van der Waals surface area contributed by atoms with Gasteiger partial charge in [0.05, 0.1) is 6.04 Å². The molecule has 14 heteroatoms. The van der Waals surface area contributed by atoms with Crippen molar-refractivity contribution in [3.05, 3.63) is 42.0 Å². The Kier molecular flexibility index (Phi) is 12.1. The highest BCUT2D eigenvalue weighted by Gasteiger charge is 2.31. The predicted octanol–water partition coefficient (Wildman–Crippen LogP) is -0.433. The maximum Gasteiger partial charge on any atom is 0.405 e. The number of cyclic esters (lactones) is 1. The van der Waals surface area contributed by atoms with Crippen LogP contribution in [0.15, 0.2) is 36.4 Å². The number of phenolic OH excluding ortho intramolecular Hbond substituents is 1. The topological polar surface area (TPSA) is 212 Å². The molecule has 0 spiro atoms. The third kappa shape index (κ3) is 10.8. The van der Waals surface area contributed by atoms with Gasteiger partial charge in [-0.05, 0) is 29.5 Å². The largest absolute Gasteiger partial charge is 0.508 e. The summed E-state index contributed by atoms with van der Waals surface area (Å²) in [7, 11) is 0. The number of carboxylic acid groups (broad SMARTS) is 1. The Morgan fingerprint density at radius 3 is 2.29 bits per heavy atom. The van der Waals surface area contributed by atoms with Gasteiger partial charge in [0.25, 0.3) is 0 Å². The third-order valence-corrected chi connectivity index (χ3v) is 6.10. The van der Waals surface area contributed by atoms with Gasteiger partial charge in [0, 0.05) is 12.5 Å². The van der Waals surface area contributed by atoms with E-state index in [-0.39, 0.29) is 18.1 Å². The van der Waals surface area contributed by atoms with E-state index in [9.17, 15) is 33.9 Å². The number of aromatic hydroxyl groups is 1. The van der Waals surface area contributed by atoms with Crippen molar-refractivity contribution < 1.29 is 43.7 Å². The van der Waals surface area contributed by atoms with E-state index in [2.05, 4.69) is 21.3 Å². The molecule has 5 amide bonds. The molecule has 2 rings (SSSR count). The number of esters is 1. The number of benzene rings is 1. The molecule has 7 N–H and O–H groups in total. The Morgan fingerprint density at radius 1 is 1.05 bits per heavy atom. The first-order valence-electron chi connectivity index (χ1n) is 13.1. The summed E-state index contributed by atoms with van der Waals surface area (Å²) in [5.74, 6) is -4.08. The average Bonchev–Trinajstić information content (AvgIpc) is 2.90. The minimum atomic E-state index is -1.40. The molecule has 0 saturated heterocycles. The Labute approximate surface area is 237 Å². The summed E-state index contributed by atoms with van der Waals surface area (Å²) in [6, 6.07) is 1.87. The van der Waals surface area contributed by atoms with E-state index >= 15 is 0 Å². The number of carbonyl (C=O) groups excluding carboxylic acids is 5. The molecular weight excluding hydrogens is 538 g/mol. The maximum atomic E-state index is 13.1. The van der Waals surface area contributed by atoms with E-state index in [0.29, 0.717) is 5.56 Å². The Balaban J connectivity index is 2.27. The highest BCUT2D eigenvalue weighted by atomic mass is 16.5. The molecule has 41 heavy (non-hydrogen) atoms. The van der Waals surface area contributed by atoms with Crippen LogP contribution >= 0.6 is 0 Å². The van der Waals surface area contributed by atoms with Crippen molar-refractivity contribution in [3.63, 3.8) is 0 Å². The fraction of sp³-hybridized carbons (Fsp3) is 0.481. The van der Waals surface area contributed by atoms with E-state index in [1.165, 1.54) is 18.2 Å². The van der Waals surface area contributed by atoms with Crippen LogP contribution in [0.3, 0.4) is 0 Å². The Hall–Kier alpha value is -4.62. The summed E-state index contributed by atoms with van der Waals surface area (Å²) in [6.07, 6.45) is 1.04. The molecule has 0 fully saturated rings. The number of nitrogens with one attached hydrogen (secondary N) is 5. The summed E-state index contributed by atoms with van der Waals surface area (Å²) < 4.78 is 5.44. The molecule has 14 nitrogen and oxygen atoms in total. The van der Waals surface area contributed by atoms with E-state index < -0.39 is 78.9 Å². The second kappa shape index (κ2) is 15.2. The van der Waals surface area contributed by atoms with Gasteiger partial charge in [0.15, 0.2) is 0 Å². The van der Waals surface area contributed by atoms with Crippen LogP contribution in [0.4, 0.5) is 4.79 Å². The molecule has 1 heterocycles. The number of hydrogen-bond donors (Lipinski definition) is 7. The lowest BCUT2D eigenvalue weighted by atomic mass is 10.0. The number of amides is 5. The van der Waals surface area contributed by atoms with Crippen molar-refractivity contribution in [1.82, 2.24) is 26.6 Å². The number of hydrogen-bond acceptors (Lipinski definition) is 8. The zero-order chi connectivity index (χ0) is 30.7. The lowest BCUT2D eigenvalue weighted by molar-refractivity contribution is -0.149. The molecule has 4 atom stereocenters. The van der Waals surface area contributed by atoms with Gasteiger partial charge in [-0.3, -0.25) is 19.2 Å². The molecule has 0 aromatic heterocycles. The molecule has 1 aromatic carbocycles. The van der Waals surface area contributed by atoms with Gasteiger partial charge in [0.1, 0.15) is 37.0 Å². The smallest absolute Gasteiger partial charge is 0.405 e. The first-order valence-corrected chi connectivity index (χ1v) is 13.1. The molecule has 0 radical (unpaired) electrons. The lowest BCUT2D eigenvalue weighted by Crippen LogP contribution is -2.56. The molecule has 0 bridgehead atoms. The van der Waals surface area contributed by atoms with Crippen molar-refractivity contribution in [1.29, 1.82) is 0 Å². The minimum Gasteiger partial charge on any atom is -0.508 e. The van der Waals surface area contributed by atoms with Crippen molar-refractivity contribution in [3.8, 4) is 5.75 Å². The zero-order valence-electron chi connectivity index (χ0n) is 23.3. The Morgan fingerprint density at radius 2 is 1.71 bits per heavy atom. The van der Waals surface area contributed by atoms with Crippen LogP contribution in [0.5, 0.6) is 5.75 Å². The van der Waals surface area contributed by atoms with Gasteiger partial charge in [-0.2, -0.15) is 0 Å². The normalized spacial score (nSPS) is 21.3. The van der Waals surface area contributed by atoms with E-state index in [1.807, 2.05) is 5.32 Å². The summed E-state index contributed by atoms with van der Waals surface area (Å²) in [6.45, 7) is 5.83. The molecule has 0 saturated carbocycles. The standard InChI is InChI=1S/C27H37N5O9/c1-14(2)22(32-21(35)12-28-27(39)40)24(36)29-17-7-10-20(34)31-23(15(3)4)25(37)30-19(26(38)41-13-17)11-16-5-8-18(33)9-6-16/h5-10,14-15,17,19,22-23,28,33H,11-13H2,1-4H3,(H,29,36)(H,30,37)(H,31,34)(H,32,35)(H,39,40)/b10-7+/t17-,19+,22?,23+/m1/s1. The van der Waals surface area contributed by atoms with Gasteiger partial charge in [-0.15, -0.1) is 0 Å². The molecule has 224 valence electrons. The molecular formula is C27H37N5O9. The molecule has 1 aliphatic heterocycles. The van der Waals surface area contributed by atoms with Crippen molar-refractivity contribution in [2.75, 3.05) is 13.2 Å². The van der Waals surface area contributed by atoms with Crippen LogP contribution in [-0.4, -0.2) is 83.2 Å². The maximum absolute atomic E-state index is 13.1. The van der Waals surface area contributed by atoms with Crippen molar-refractivity contribution >= 4 is 35.7 Å². The summed E-state index contributed by atoms with van der Waals surface area (Å²) in [5, 5.41) is 30.5. The average molecular weight is 576 g/mol. The third-order valence-electron chi connectivity index (χ3n) is 6.10. The highest BCUT2D eigenvalue weighted by molar-refractivity contribution is 5.95. The SMILES string of the molecule is CC(C)C(NC(=O)CNC(=O)O)C(=O)N[C@@H]1/C=C/C(=O)N[C@@H](C(C)C)C(=O)N[C@@H](Cc2ccc(O)cc2)C(=O)OC1. The van der Waals surface area contributed by atoms with E-state index in [0.717, 1.165) is 6.08 Å². The second-order valence-corrected chi connectivity index (χ2v) is 10.2. The summed E-state index contributed by atoms with van der Waals surface area (Å²) in [4.78, 5) is 74.6. The van der Waals surface area contributed by atoms with Crippen LogP contribution in [0, 0.1) is 11.8 Å². The number of carbonyl (C=O) groups is 6. The van der Waals surface area contributed by atoms with Gasteiger partial charge in [-0.25, -0.2) is 9.59 Å². The van der Waals surface area contributed by atoms with E-state index in [1.54, 1.807) is 39.8 Å². The first kappa shape index (κ1) is 32.6. The van der Waals surface area contributed by atoms with Gasteiger partial charge >= 0.3 is 12.1 Å². The lowest BCUT2D eigenvalue weighted by Gasteiger charge is -2.27. The second-order valence-electron chi connectivity index (χ2n) is 10.2. The van der Waals surface area contributed by atoms with Gasteiger partial charge in [0.2, 0.25) is 23.6 Å². The quantitative estimate of drug-likeness (QED) is 0.190. The fourth-order valence-corrected chi connectivity index (χ4v) is 3.87. The monoisotopic (exact) mass is 575 g/mol. The number of phenols is 1. The number of rotatable bonds is 9. The first-order chi connectivity index (χ1) is 19.3.